The molecule has 1 atom stereocenters. The number of fused-ring (bicyclic) bond motifs is 1. The van der Waals surface area contributed by atoms with E-state index >= 15 is 0 Å². The Labute approximate surface area is 184 Å². The SMILES string of the molecule is Cc1nn(-c2ccc(Cl)c(Cl)c2)c(NC(=O)N2CCn3c(C#N)ccc3C2C)c1C. The molecule has 0 fully saturated rings. The molecule has 154 valence electrons. The van der Waals surface area contributed by atoms with E-state index in [1.165, 1.54) is 0 Å². The predicted molar refractivity (Wildman–Crippen MR) is 116 cm³/mol. The molecular weight excluding hydrogens is 423 g/mol. The van der Waals surface area contributed by atoms with E-state index < -0.39 is 0 Å². The number of nitriles is 1. The maximum atomic E-state index is 13.2. The predicted octanol–water partition coefficient (Wildman–Crippen LogP) is 5.08. The second-order valence-corrected chi connectivity index (χ2v) is 8.09. The first-order valence-corrected chi connectivity index (χ1v) is 10.3. The van der Waals surface area contributed by atoms with Crippen LogP contribution in [0.1, 0.15) is 35.6 Å². The maximum absolute atomic E-state index is 13.2. The van der Waals surface area contributed by atoms with Crippen LogP contribution in [0.4, 0.5) is 10.6 Å². The van der Waals surface area contributed by atoms with E-state index in [2.05, 4.69) is 16.5 Å². The largest absolute Gasteiger partial charge is 0.333 e. The lowest BCUT2D eigenvalue weighted by Crippen LogP contribution is -2.43. The van der Waals surface area contributed by atoms with Gasteiger partial charge < -0.3 is 9.47 Å². The molecule has 0 aliphatic carbocycles. The van der Waals surface area contributed by atoms with Crippen LogP contribution in [0.2, 0.25) is 10.0 Å². The zero-order chi connectivity index (χ0) is 21.6. The Balaban J connectivity index is 1.64. The normalized spacial score (nSPS) is 15.6. The molecule has 0 radical (unpaired) electrons. The molecule has 2 amide bonds. The van der Waals surface area contributed by atoms with Gasteiger partial charge in [0.05, 0.1) is 27.5 Å². The summed E-state index contributed by atoms with van der Waals surface area (Å²) in [4.78, 5) is 14.9. The van der Waals surface area contributed by atoms with Crippen molar-refractivity contribution in [1.29, 1.82) is 5.26 Å². The van der Waals surface area contributed by atoms with Crippen LogP contribution in [0.5, 0.6) is 0 Å². The van der Waals surface area contributed by atoms with Gasteiger partial charge in [-0.05, 0) is 51.1 Å². The Bertz CT molecular complexity index is 1190. The molecule has 1 aliphatic rings. The molecule has 2 aromatic heterocycles. The molecule has 3 heterocycles. The standard InChI is InChI=1S/C21H20Cl2N6O/c1-12-13(2)26-29(15-4-6-17(22)18(23)10-15)20(12)25-21(30)27-8-9-28-16(11-24)5-7-19(28)14(27)3/h4-7,10,14H,8-9H2,1-3H3,(H,25,30). The number of anilines is 1. The molecule has 0 saturated carbocycles. The van der Waals surface area contributed by atoms with Crippen LogP contribution in [0.15, 0.2) is 30.3 Å². The van der Waals surface area contributed by atoms with E-state index in [4.69, 9.17) is 23.2 Å². The topological polar surface area (TPSA) is 78.9 Å². The van der Waals surface area contributed by atoms with Crippen LogP contribution < -0.4 is 5.32 Å². The second kappa shape index (κ2) is 7.71. The summed E-state index contributed by atoms with van der Waals surface area (Å²) in [7, 11) is 0. The van der Waals surface area contributed by atoms with Crippen LogP contribution >= 0.6 is 23.2 Å². The summed E-state index contributed by atoms with van der Waals surface area (Å²) in [5, 5.41) is 17.7. The molecule has 7 nitrogen and oxygen atoms in total. The first kappa shape index (κ1) is 20.3. The number of rotatable bonds is 2. The zero-order valence-corrected chi connectivity index (χ0v) is 18.3. The number of amides is 2. The summed E-state index contributed by atoms with van der Waals surface area (Å²) in [6.07, 6.45) is 0. The first-order chi connectivity index (χ1) is 14.3. The lowest BCUT2D eigenvalue weighted by molar-refractivity contribution is 0.175. The van der Waals surface area contributed by atoms with E-state index in [-0.39, 0.29) is 12.1 Å². The first-order valence-electron chi connectivity index (χ1n) is 9.50. The molecule has 0 saturated heterocycles. The highest BCUT2D eigenvalue weighted by atomic mass is 35.5. The van der Waals surface area contributed by atoms with Crippen LogP contribution in [-0.2, 0) is 6.54 Å². The molecule has 1 N–H and O–H groups in total. The van der Waals surface area contributed by atoms with Crippen molar-refractivity contribution >= 4 is 35.1 Å². The van der Waals surface area contributed by atoms with Crippen molar-refractivity contribution in [2.75, 3.05) is 11.9 Å². The van der Waals surface area contributed by atoms with Gasteiger partial charge >= 0.3 is 6.03 Å². The zero-order valence-electron chi connectivity index (χ0n) is 16.8. The van der Waals surface area contributed by atoms with Gasteiger partial charge in [-0.1, -0.05) is 23.2 Å². The summed E-state index contributed by atoms with van der Waals surface area (Å²) in [6.45, 7) is 6.84. The van der Waals surface area contributed by atoms with Crippen molar-refractivity contribution in [2.45, 2.75) is 33.4 Å². The number of aromatic nitrogens is 3. The summed E-state index contributed by atoms with van der Waals surface area (Å²) in [5.41, 5.74) is 3.93. The van der Waals surface area contributed by atoms with Gasteiger partial charge in [-0.15, -0.1) is 0 Å². The van der Waals surface area contributed by atoms with E-state index in [0.29, 0.717) is 40.3 Å². The van der Waals surface area contributed by atoms with Gasteiger partial charge in [0.15, 0.2) is 0 Å². The van der Waals surface area contributed by atoms with Crippen molar-refractivity contribution in [3.63, 3.8) is 0 Å². The van der Waals surface area contributed by atoms with Crippen LogP contribution in [0, 0.1) is 25.2 Å². The number of urea groups is 1. The number of hydrogen-bond acceptors (Lipinski definition) is 3. The summed E-state index contributed by atoms with van der Waals surface area (Å²) in [5.74, 6) is 0.585. The maximum Gasteiger partial charge on any atom is 0.323 e. The lowest BCUT2D eigenvalue weighted by Gasteiger charge is -2.35. The summed E-state index contributed by atoms with van der Waals surface area (Å²) in [6, 6.07) is 10.7. The Morgan fingerprint density at radius 3 is 2.67 bits per heavy atom. The number of benzene rings is 1. The van der Waals surface area contributed by atoms with Gasteiger partial charge in [0.25, 0.3) is 0 Å². The highest BCUT2D eigenvalue weighted by Crippen LogP contribution is 2.31. The van der Waals surface area contributed by atoms with Gasteiger partial charge in [-0.25, -0.2) is 9.48 Å². The van der Waals surface area contributed by atoms with E-state index in [1.807, 2.05) is 31.4 Å². The van der Waals surface area contributed by atoms with Crippen LogP contribution in [-0.4, -0.2) is 31.8 Å². The fraction of sp³-hybridized carbons (Fsp3) is 0.286. The Kier molecular flexibility index (Phi) is 5.22. The summed E-state index contributed by atoms with van der Waals surface area (Å²) < 4.78 is 3.62. The van der Waals surface area contributed by atoms with Crippen molar-refractivity contribution in [3.8, 4) is 11.8 Å². The highest BCUT2D eigenvalue weighted by molar-refractivity contribution is 6.42. The molecule has 9 heteroatoms. The third-order valence-corrected chi connectivity index (χ3v) is 6.32. The highest BCUT2D eigenvalue weighted by Gasteiger charge is 2.30. The third-order valence-electron chi connectivity index (χ3n) is 5.58. The minimum absolute atomic E-state index is 0.163. The molecule has 30 heavy (non-hydrogen) atoms. The van der Waals surface area contributed by atoms with E-state index in [1.54, 1.807) is 33.8 Å². The number of hydrogen-bond donors (Lipinski definition) is 1. The fourth-order valence-electron chi connectivity index (χ4n) is 3.76. The van der Waals surface area contributed by atoms with Gasteiger partial charge in [-0.2, -0.15) is 10.4 Å². The van der Waals surface area contributed by atoms with Crippen molar-refractivity contribution in [3.05, 3.63) is 63.0 Å². The van der Waals surface area contributed by atoms with Gasteiger partial charge in [0.1, 0.15) is 17.6 Å². The molecule has 1 aliphatic heterocycles. The molecule has 3 aromatic rings. The minimum atomic E-state index is -0.224. The second-order valence-electron chi connectivity index (χ2n) is 7.28. The number of aryl methyl sites for hydroxylation is 1. The number of nitrogens with one attached hydrogen (secondary N) is 1. The lowest BCUT2D eigenvalue weighted by atomic mass is 10.1. The Morgan fingerprint density at radius 2 is 1.97 bits per heavy atom. The molecule has 1 aromatic carbocycles. The molecule has 4 rings (SSSR count). The average molecular weight is 443 g/mol. The quantitative estimate of drug-likeness (QED) is 0.600. The number of nitrogens with zero attached hydrogens (tertiary/aromatic N) is 5. The Morgan fingerprint density at radius 1 is 1.20 bits per heavy atom. The number of halogens is 2. The van der Waals surface area contributed by atoms with E-state index in [0.717, 1.165) is 17.0 Å². The van der Waals surface area contributed by atoms with Crippen molar-refractivity contribution in [2.24, 2.45) is 0 Å². The minimum Gasteiger partial charge on any atom is -0.333 e. The number of carbonyl (C=O) groups excluding carboxylic acids is 1. The fourth-order valence-corrected chi connectivity index (χ4v) is 4.05. The van der Waals surface area contributed by atoms with Crippen molar-refractivity contribution in [1.82, 2.24) is 19.2 Å². The molecular formula is C21H20Cl2N6O. The van der Waals surface area contributed by atoms with Gasteiger partial charge in [0, 0.05) is 24.3 Å². The van der Waals surface area contributed by atoms with Crippen LogP contribution in [0.3, 0.4) is 0 Å². The summed E-state index contributed by atoms with van der Waals surface area (Å²) >= 11 is 12.2. The number of carbonyl (C=O) groups is 1. The molecule has 0 bridgehead atoms. The molecule has 0 spiro atoms. The molecule has 1 unspecified atom stereocenters. The van der Waals surface area contributed by atoms with Crippen LogP contribution in [0.25, 0.3) is 5.69 Å². The van der Waals surface area contributed by atoms with Crippen molar-refractivity contribution < 1.29 is 4.79 Å². The monoisotopic (exact) mass is 442 g/mol. The third kappa shape index (κ3) is 3.32. The Hall–Kier alpha value is -2.95. The van der Waals surface area contributed by atoms with E-state index in [9.17, 15) is 10.1 Å². The van der Waals surface area contributed by atoms with Gasteiger partial charge in [0.2, 0.25) is 0 Å². The average Bonchev–Trinajstić information content (AvgIpc) is 3.27. The van der Waals surface area contributed by atoms with Gasteiger partial charge in [-0.3, -0.25) is 5.32 Å². The smallest absolute Gasteiger partial charge is 0.323 e.